The molecule has 16 heavy (non-hydrogen) atoms. The molecule has 1 aromatic rings. The second kappa shape index (κ2) is 5.65. The fourth-order valence-electron chi connectivity index (χ4n) is 1.19. The van der Waals surface area contributed by atoms with Gasteiger partial charge in [-0.2, -0.15) is 0 Å². The first kappa shape index (κ1) is 12.7. The van der Waals surface area contributed by atoms with E-state index >= 15 is 0 Å². The highest BCUT2D eigenvalue weighted by Gasteiger charge is 2.10. The van der Waals surface area contributed by atoms with Crippen molar-refractivity contribution < 1.29 is 4.74 Å². The van der Waals surface area contributed by atoms with Crippen molar-refractivity contribution in [2.45, 2.75) is 26.3 Å². The van der Waals surface area contributed by atoms with Gasteiger partial charge in [0.1, 0.15) is 18.0 Å². The molecule has 0 amide bonds. The highest BCUT2D eigenvalue weighted by Crippen LogP contribution is 2.13. The minimum Gasteiger partial charge on any atom is -0.383 e. The van der Waals surface area contributed by atoms with Crippen LogP contribution < -0.4 is 10.6 Å². The van der Waals surface area contributed by atoms with E-state index in [0.717, 1.165) is 18.2 Å². The molecule has 0 aliphatic carbocycles. The first-order valence-corrected chi connectivity index (χ1v) is 5.34. The number of nitrogens with one attached hydrogen (secondary N) is 2. The molecule has 0 aliphatic rings. The van der Waals surface area contributed by atoms with Gasteiger partial charge in [0, 0.05) is 25.3 Å². The van der Waals surface area contributed by atoms with E-state index in [4.69, 9.17) is 4.74 Å². The quantitative estimate of drug-likeness (QED) is 0.746. The summed E-state index contributed by atoms with van der Waals surface area (Å²) in [6.45, 7) is 7.67. The molecule has 0 aliphatic heterocycles. The molecule has 0 spiro atoms. The van der Waals surface area contributed by atoms with E-state index in [0.29, 0.717) is 6.61 Å². The van der Waals surface area contributed by atoms with Crippen molar-refractivity contribution in [2.24, 2.45) is 0 Å². The molecule has 2 N–H and O–H groups in total. The average molecular weight is 224 g/mol. The molecule has 1 rings (SSSR count). The summed E-state index contributed by atoms with van der Waals surface area (Å²) >= 11 is 0. The van der Waals surface area contributed by atoms with Gasteiger partial charge in [-0.3, -0.25) is 0 Å². The number of methoxy groups -OCH3 is 1. The summed E-state index contributed by atoms with van der Waals surface area (Å²) in [5.41, 5.74) is -0.00183. The molecular weight excluding hydrogens is 204 g/mol. The van der Waals surface area contributed by atoms with E-state index in [-0.39, 0.29) is 5.54 Å². The lowest BCUT2D eigenvalue weighted by Gasteiger charge is -2.21. The maximum atomic E-state index is 4.95. The van der Waals surface area contributed by atoms with E-state index in [2.05, 4.69) is 41.4 Å². The van der Waals surface area contributed by atoms with Crippen LogP contribution in [0.15, 0.2) is 12.4 Å². The highest BCUT2D eigenvalue weighted by atomic mass is 16.5. The smallest absolute Gasteiger partial charge is 0.131 e. The third kappa shape index (κ3) is 4.93. The lowest BCUT2D eigenvalue weighted by Crippen LogP contribution is -2.26. The number of hydrogen-bond donors (Lipinski definition) is 2. The highest BCUT2D eigenvalue weighted by molar-refractivity contribution is 5.47. The van der Waals surface area contributed by atoms with E-state index in [1.165, 1.54) is 0 Å². The number of nitrogens with zero attached hydrogens (tertiary/aromatic N) is 2. The van der Waals surface area contributed by atoms with Gasteiger partial charge in [0.15, 0.2) is 0 Å². The van der Waals surface area contributed by atoms with Gasteiger partial charge in [-0.1, -0.05) is 0 Å². The van der Waals surface area contributed by atoms with Crippen molar-refractivity contribution >= 4 is 11.6 Å². The Labute approximate surface area is 96.6 Å². The molecule has 5 heteroatoms. The van der Waals surface area contributed by atoms with Gasteiger partial charge < -0.3 is 15.4 Å². The van der Waals surface area contributed by atoms with E-state index in [1.807, 2.05) is 6.07 Å². The number of ether oxygens (including phenoxy) is 1. The standard InChI is InChI=1S/C11H20N4O/c1-11(2,3)15-10-7-9(13-8-14-10)12-5-6-16-4/h7-8H,5-6H2,1-4H3,(H2,12,13,14,15). The molecule has 90 valence electrons. The Hall–Kier alpha value is -1.36. The van der Waals surface area contributed by atoms with Gasteiger partial charge in [-0.05, 0) is 20.8 Å². The zero-order valence-electron chi connectivity index (χ0n) is 10.4. The van der Waals surface area contributed by atoms with Crippen LogP contribution in [0.25, 0.3) is 0 Å². The SMILES string of the molecule is COCCNc1cc(NC(C)(C)C)ncn1. The predicted molar refractivity (Wildman–Crippen MR) is 65.8 cm³/mol. The first-order chi connectivity index (χ1) is 7.51. The number of rotatable bonds is 5. The van der Waals surface area contributed by atoms with Crippen LogP contribution in [0.4, 0.5) is 11.6 Å². The summed E-state index contributed by atoms with van der Waals surface area (Å²) in [6.07, 6.45) is 1.54. The van der Waals surface area contributed by atoms with Crippen molar-refractivity contribution in [1.82, 2.24) is 9.97 Å². The molecular formula is C11H20N4O. The van der Waals surface area contributed by atoms with Crippen LogP contribution >= 0.6 is 0 Å². The zero-order chi connectivity index (χ0) is 12.0. The molecule has 0 saturated carbocycles. The van der Waals surface area contributed by atoms with Crippen LogP contribution in [0.5, 0.6) is 0 Å². The maximum absolute atomic E-state index is 4.95. The monoisotopic (exact) mass is 224 g/mol. The van der Waals surface area contributed by atoms with E-state index in [1.54, 1.807) is 13.4 Å². The first-order valence-electron chi connectivity index (χ1n) is 5.34. The Balaban J connectivity index is 2.57. The fraction of sp³-hybridized carbons (Fsp3) is 0.636. The Bertz CT molecular complexity index is 322. The Morgan fingerprint density at radius 1 is 1.25 bits per heavy atom. The third-order valence-corrected chi connectivity index (χ3v) is 1.78. The van der Waals surface area contributed by atoms with Gasteiger partial charge in [0.05, 0.1) is 6.61 Å². The second-order valence-corrected chi connectivity index (χ2v) is 4.58. The zero-order valence-corrected chi connectivity index (χ0v) is 10.4. The van der Waals surface area contributed by atoms with Crippen LogP contribution in [0.1, 0.15) is 20.8 Å². The molecule has 0 atom stereocenters. The molecule has 1 heterocycles. The lowest BCUT2D eigenvalue weighted by atomic mass is 10.1. The summed E-state index contributed by atoms with van der Waals surface area (Å²) < 4.78 is 4.95. The molecule has 5 nitrogen and oxygen atoms in total. The number of aromatic nitrogens is 2. The summed E-state index contributed by atoms with van der Waals surface area (Å²) in [5, 5.41) is 6.45. The lowest BCUT2D eigenvalue weighted by molar-refractivity contribution is 0.210. The van der Waals surface area contributed by atoms with Gasteiger partial charge in [0.25, 0.3) is 0 Å². The van der Waals surface area contributed by atoms with Crippen molar-refractivity contribution in [3.63, 3.8) is 0 Å². The largest absolute Gasteiger partial charge is 0.383 e. The van der Waals surface area contributed by atoms with Crippen molar-refractivity contribution in [1.29, 1.82) is 0 Å². The Morgan fingerprint density at radius 3 is 2.56 bits per heavy atom. The molecule has 0 fully saturated rings. The molecule has 1 aromatic heterocycles. The Morgan fingerprint density at radius 2 is 1.94 bits per heavy atom. The van der Waals surface area contributed by atoms with Crippen LogP contribution in [0, 0.1) is 0 Å². The third-order valence-electron chi connectivity index (χ3n) is 1.78. The molecule has 0 bridgehead atoms. The minimum absolute atomic E-state index is 0.00183. The summed E-state index contributed by atoms with van der Waals surface area (Å²) in [7, 11) is 1.67. The number of hydrogen-bond acceptors (Lipinski definition) is 5. The fourth-order valence-corrected chi connectivity index (χ4v) is 1.19. The van der Waals surface area contributed by atoms with E-state index < -0.39 is 0 Å². The van der Waals surface area contributed by atoms with Crippen LogP contribution in [0.3, 0.4) is 0 Å². The molecule has 0 saturated heterocycles. The molecule has 0 aromatic carbocycles. The van der Waals surface area contributed by atoms with Crippen LogP contribution in [-0.2, 0) is 4.74 Å². The summed E-state index contributed by atoms with van der Waals surface area (Å²) in [4.78, 5) is 8.28. The summed E-state index contributed by atoms with van der Waals surface area (Å²) in [5.74, 6) is 1.63. The van der Waals surface area contributed by atoms with Gasteiger partial charge in [-0.15, -0.1) is 0 Å². The van der Waals surface area contributed by atoms with Gasteiger partial charge >= 0.3 is 0 Å². The van der Waals surface area contributed by atoms with Crippen LogP contribution in [-0.4, -0.2) is 35.8 Å². The number of anilines is 2. The molecule has 0 radical (unpaired) electrons. The normalized spacial score (nSPS) is 11.2. The average Bonchev–Trinajstić information content (AvgIpc) is 2.16. The Kier molecular flexibility index (Phi) is 4.49. The molecule has 0 unspecified atom stereocenters. The summed E-state index contributed by atoms with van der Waals surface area (Å²) in [6, 6.07) is 1.89. The minimum atomic E-state index is -0.00183. The van der Waals surface area contributed by atoms with Crippen molar-refractivity contribution in [2.75, 3.05) is 30.9 Å². The van der Waals surface area contributed by atoms with Crippen molar-refractivity contribution in [3.8, 4) is 0 Å². The van der Waals surface area contributed by atoms with Gasteiger partial charge in [0.2, 0.25) is 0 Å². The maximum Gasteiger partial charge on any atom is 0.131 e. The topological polar surface area (TPSA) is 59.1 Å². The second-order valence-electron chi connectivity index (χ2n) is 4.58. The van der Waals surface area contributed by atoms with Gasteiger partial charge in [-0.25, -0.2) is 9.97 Å². The predicted octanol–water partition coefficient (Wildman–Crippen LogP) is 1.75. The van der Waals surface area contributed by atoms with Crippen LogP contribution in [0.2, 0.25) is 0 Å². The van der Waals surface area contributed by atoms with E-state index in [9.17, 15) is 0 Å². The van der Waals surface area contributed by atoms with Crippen molar-refractivity contribution in [3.05, 3.63) is 12.4 Å².